The summed E-state index contributed by atoms with van der Waals surface area (Å²) in [5.74, 6) is 0.880. The number of hydrogen-bond donors (Lipinski definition) is 3. The molecule has 1 aromatic heterocycles. The number of anilines is 2. The second kappa shape index (κ2) is 5.45. The number of nitrogens with zero attached hydrogens (tertiary/aromatic N) is 1. The fourth-order valence-electron chi connectivity index (χ4n) is 1.35. The van der Waals surface area contributed by atoms with Crippen LogP contribution in [-0.4, -0.2) is 9.97 Å². The Kier molecular flexibility index (Phi) is 3.93. The maximum Gasteiger partial charge on any atom is 0.253 e. The standard InChI is InChI=1S/C11H11BrN4OS/c12-8-3-7(13)2-1-6(8)5-18-11-15-9(14)4-10(17)16-11/h1-4H,5,13H2,(H3,14,15,16,17). The number of thioether (sulfide) groups is 1. The van der Waals surface area contributed by atoms with Gasteiger partial charge in [0.15, 0.2) is 5.16 Å². The van der Waals surface area contributed by atoms with Gasteiger partial charge in [0.05, 0.1) is 0 Å². The highest BCUT2D eigenvalue weighted by atomic mass is 79.9. The van der Waals surface area contributed by atoms with Gasteiger partial charge in [0.1, 0.15) is 5.82 Å². The van der Waals surface area contributed by atoms with Crippen molar-refractivity contribution in [2.45, 2.75) is 10.9 Å². The monoisotopic (exact) mass is 326 g/mol. The van der Waals surface area contributed by atoms with Crippen molar-refractivity contribution in [2.24, 2.45) is 0 Å². The van der Waals surface area contributed by atoms with Crippen molar-refractivity contribution in [2.75, 3.05) is 11.5 Å². The molecule has 7 heteroatoms. The van der Waals surface area contributed by atoms with Crippen molar-refractivity contribution in [3.05, 3.63) is 44.7 Å². The topological polar surface area (TPSA) is 97.8 Å². The van der Waals surface area contributed by atoms with Crippen molar-refractivity contribution in [1.29, 1.82) is 0 Å². The molecule has 0 saturated heterocycles. The predicted octanol–water partition coefficient (Wildman–Crippen LogP) is 1.99. The third-order valence-electron chi connectivity index (χ3n) is 2.18. The lowest BCUT2D eigenvalue weighted by Gasteiger charge is -2.05. The Bertz CT molecular complexity index is 629. The molecule has 0 aliphatic carbocycles. The Balaban J connectivity index is 2.13. The number of aromatic amines is 1. The molecule has 94 valence electrons. The molecule has 2 rings (SSSR count). The molecule has 1 heterocycles. The summed E-state index contributed by atoms with van der Waals surface area (Å²) in [5, 5.41) is 0.503. The average molecular weight is 327 g/mol. The van der Waals surface area contributed by atoms with E-state index in [2.05, 4.69) is 25.9 Å². The van der Waals surface area contributed by atoms with Gasteiger partial charge in [-0.1, -0.05) is 33.8 Å². The molecular weight excluding hydrogens is 316 g/mol. The summed E-state index contributed by atoms with van der Waals surface area (Å²) >= 11 is 4.84. The second-order valence-corrected chi connectivity index (χ2v) is 5.43. The molecule has 5 nitrogen and oxygen atoms in total. The van der Waals surface area contributed by atoms with Gasteiger partial charge < -0.3 is 16.5 Å². The molecule has 0 aliphatic rings. The van der Waals surface area contributed by atoms with E-state index in [0.29, 0.717) is 16.6 Å². The van der Waals surface area contributed by atoms with Crippen molar-refractivity contribution in [3.8, 4) is 0 Å². The van der Waals surface area contributed by atoms with Crippen molar-refractivity contribution in [3.63, 3.8) is 0 Å². The Labute approximate surface area is 116 Å². The molecule has 0 spiro atoms. The van der Waals surface area contributed by atoms with E-state index in [9.17, 15) is 4.79 Å². The van der Waals surface area contributed by atoms with Crippen LogP contribution in [0.25, 0.3) is 0 Å². The predicted molar refractivity (Wildman–Crippen MR) is 77.4 cm³/mol. The molecule has 18 heavy (non-hydrogen) atoms. The first-order valence-corrected chi connectivity index (χ1v) is 6.86. The van der Waals surface area contributed by atoms with Gasteiger partial charge in [-0.25, -0.2) is 4.98 Å². The number of halogens is 1. The van der Waals surface area contributed by atoms with E-state index in [1.54, 1.807) is 0 Å². The molecule has 0 bridgehead atoms. The SMILES string of the molecule is Nc1ccc(CSc2nc(N)cc(=O)[nH]2)c(Br)c1. The lowest BCUT2D eigenvalue weighted by atomic mass is 10.2. The first kappa shape index (κ1) is 13.0. The third kappa shape index (κ3) is 3.27. The van der Waals surface area contributed by atoms with Crippen LogP contribution in [0.4, 0.5) is 11.5 Å². The van der Waals surface area contributed by atoms with Crippen LogP contribution in [0.5, 0.6) is 0 Å². The van der Waals surface area contributed by atoms with E-state index >= 15 is 0 Å². The number of H-pyrrole nitrogens is 1. The van der Waals surface area contributed by atoms with Crippen molar-refractivity contribution in [1.82, 2.24) is 9.97 Å². The van der Waals surface area contributed by atoms with E-state index in [4.69, 9.17) is 11.5 Å². The van der Waals surface area contributed by atoms with Gasteiger partial charge in [-0.05, 0) is 17.7 Å². The van der Waals surface area contributed by atoms with Gasteiger partial charge in [0.25, 0.3) is 5.56 Å². The molecule has 0 atom stereocenters. The van der Waals surface area contributed by atoms with Crippen LogP contribution in [0.1, 0.15) is 5.56 Å². The van der Waals surface area contributed by atoms with Gasteiger partial charge in [-0.3, -0.25) is 4.79 Å². The zero-order valence-electron chi connectivity index (χ0n) is 9.31. The molecule has 0 saturated carbocycles. The molecule has 0 fully saturated rings. The van der Waals surface area contributed by atoms with Gasteiger partial charge in [0, 0.05) is 22.0 Å². The Morgan fingerprint density at radius 3 is 2.78 bits per heavy atom. The number of rotatable bonds is 3. The largest absolute Gasteiger partial charge is 0.399 e. The van der Waals surface area contributed by atoms with Gasteiger partial charge in [0.2, 0.25) is 0 Å². The molecular formula is C11H11BrN4OS. The highest BCUT2D eigenvalue weighted by molar-refractivity contribution is 9.10. The van der Waals surface area contributed by atoms with Crippen LogP contribution in [0.2, 0.25) is 0 Å². The summed E-state index contributed by atoms with van der Waals surface area (Å²) in [6.07, 6.45) is 0. The molecule has 0 amide bonds. The van der Waals surface area contributed by atoms with Crippen molar-refractivity contribution < 1.29 is 0 Å². The van der Waals surface area contributed by atoms with Crippen LogP contribution in [0.15, 0.2) is 38.7 Å². The minimum Gasteiger partial charge on any atom is -0.399 e. The minimum absolute atomic E-state index is 0.220. The highest BCUT2D eigenvalue weighted by Gasteiger charge is 2.04. The van der Waals surface area contributed by atoms with Crippen LogP contribution >= 0.6 is 27.7 Å². The van der Waals surface area contributed by atoms with E-state index in [-0.39, 0.29) is 11.4 Å². The summed E-state index contributed by atoms with van der Waals surface area (Å²) in [6, 6.07) is 6.85. The summed E-state index contributed by atoms with van der Waals surface area (Å²) in [5.41, 5.74) is 12.7. The second-order valence-electron chi connectivity index (χ2n) is 3.61. The number of hydrogen-bond acceptors (Lipinski definition) is 5. The smallest absolute Gasteiger partial charge is 0.253 e. The fraction of sp³-hybridized carbons (Fsp3) is 0.0909. The Morgan fingerprint density at radius 2 is 2.11 bits per heavy atom. The summed E-state index contributed by atoms with van der Waals surface area (Å²) < 4.78 is 0.932. The van der Waals surface area contributed by atoms with Crippen LogP contribution in [-0.2, 0) is 5.75 Å². The fourth-order valence-corrected chi connectivity index (χ4v) is 2.96. The van der Waals surface area contributed by atoms with E-state index in [1.807, 2.05) is 18.2 Å². The summed E-state index contributed by atoms with van der Waals surface area (Å²) in [7, 11) is 0. The molecule has 0 unspecified atom stereocenters. The van der Waals surface area contributed by atoms with Gasteiger partial charge in [-0.2, -0.15) is 0 Å². The van der Waals surface area contributed by atoms with E-state index < -0.39 is 0 Å². The number of nitrogens with one attached hydrogen (secondary N) is 1. The maximum atomic E-state index is 11.2. The van der Waals surface area contributed by atoms with Crippen LogP contribution < -0.4 is 17.0 Å². The van der Waals surface area contributed by atoms with E-state index in [0.717, 1.165) is 10.0 Å². The molecule has 5 N–H and O–H groups in total. The lowest BCUT2D eigenvalue weighted by molar-refractivity contribution is 0.945. The molecule has 1 aromatic carbocycles. The zero-order valence-corrected chi connectivity index (χ0v) is 11.7. The minimum atomic E-state index is -0.249. The van der Waals surface area contributed by atoms with E-state index in [1.165, 1.54) is 17.8 Å². The average Bonchev–Trinajstić information content (AvgIpc) is 2.26. The molecule has 2 aromatic rings. The Hall–Kier alpha value is -1.47. The normalized spacial score (nSPS) is 10.5. The number of nitrogen functional groups attached to an aromatic ring is 2. The molecule has 0 aliphatic heterocycles. The molecule has 0 radical (unpaired) electrons. The van der Waals surface area contributed by atoms with Gasteiger partial charge in [-0.15, -0.1) is 0 Å². The third-order valence-corrected chi connectivity index (χ3v) is 3.84. The first-order chi connectivity index (χ1) is 8.54. The van der Waals surface area contributed by atoms with Crippen LogP contribution in [0.3, 0.4) is 0 Å². The number of nitrogens with two attached hydrogens (primary N) is 2. The quantitative estimate of drug-likeness (QED) is 0.455. The highest BCUT2D eigenvalue weighted by Crippen LogP contribution is 2.26. The lowest BCUT2D eigenvalue weighted by Crippen LogP contribution is -2.09. The van der Waals surface area contributed by atoms with Crippen molar-refractivity contribution >= 4 is 39.2 Å². The first-order valence-electron chi connectivity index (χ1n) is 5.08. The summed E-state index contributed by atoms with van der Waals surface area (Å²) in [4.78, 5) is 17.9. The number of benzene rings is 1. The summed E-state index contributed by atoms with van der Waals surface area (Å²) in [6.45, 7) is 0. The maximum absolute atomic E-state index is 11.2. The Morgan fingerprint density at radius 1 is 1.33 bits per heavy atom. The zero-order chi connectivity index (χ0) is 13.1. The van der Waals surface area contributed by atoms with Crippen LogP contribution in [0, 0.1) is 0 Å². The number of aromatic nitrogens is 2. The van der Waals surface area contributed by atoms with Gasteiger partial charge >= 0.3 is 0 Å².